The number of aromatic nitrogens is 2. The average molecular weight is 321 g/mol. The zero-order chi connectivity index (χ0) is 16.9. The Labute approximate surface area is 127 Å². The molecule has 0 fully saturated rings. The van der Waals surface area contributed by atoms with Crippen LogP contribution in [0.15, 0.2) is 0 Å². The Morgan fingerprint density at radius 3 is 2.59 bits per heavy atom. The number of nitrogens with one attached hydrogen (secondary N) is 1. The average Bonchev–Trinajstić information content (AvgIpc) is 2.62. The number of hydrogen-bond donors (Lipinski definition) is 2. The third-order valence-corrected chi connectivity index (χ3v) is 3.35. The molecule has 0 aliphatic carbocycles. The summed E-state index contributed by atoms with van der Waals surface area (Å²) in [5, 5.41) is 16.0. The van der Waals surface area contributed by atoms with E-state index in [1.165, 1.54) is 6.92 Å². The summed E-state index contributed by atoms with van der Waals surface area (Å²) in [7, 11) is 0. The van der Waals surface area contributed by atoms with E-state index in [9.17, 15) is 23.1 Å². The highest BCUT2D eigenvalue weighted by atomic mass is 19.4. The van der Waals surface area contributed by atoms with E-state index in [0.29, 0.717) is 23.4 Å². The number of alkyl halides is 3. The molecule has 1 unspecified atom stereocenters. The van der Waals surface area contributed by atoms with Gasteiger partial charge < -0.3 is 10.4 Å². The molecule has 0 saturated carbocycles. The molecule has 0 radical (unpaired) electrons. The van der Waals surface area contributed by atoms with Crippen LogP contribution in [0.3, 0.4) is 0 Å². The fraction of sp³-hybridized carbons (Fsp3) is 0.714. The number of halogens is 3. The number of aryl methyl sites for hydroxylation is 1. The van der Waals surface area contributed by atoms with Gasteiger partial charge in [0, 0.05) is 17.8 Å². The molecule has 1 aromatic heterocycles. The Balaban J connectivity index is 2.67. The van der Waals surface area contributed by atoms with Crippen molar-refractivity contribution in [3.8, 4) is 0 Å². The Morgan fingerprint density at radius 1 is 1.41 bits per heavy atom. The number of nitrogens with zero attached hydrogens (tertiary/aromatic N) is 2. The molecule has 0 aliphatic heterocycles. The van der Waals surface area contributed by atoms with E-state index >= 15 is 0 Å². The van der Waals surface area contributed by atoms with Crippen molar-refractivity contribution >= 4 is 5.91 Å². The minimum absolute atomic E-state index is 0.0473. The van der Waals surface area contributed by atoms with Gasteiger partial charge in [-0.3, -0.25) is 9.48 Å². The molecule has 8 heteroatoms. The molecular formula is C14H22F3N3O2. The van der Waals surface area contributed by atoms with E-state index < -0.39 is 18.8 Å². The minimum Gasteiger partial charge on any atom is -0.391 e. The van der Waals surface area contributed by atoms with E-state index in [2.05, 4.69) is 10.4 Å². The second kappa shape index (κ2) is 7.62. The van der Waals surface area contributed by atoms with E-state index in [4.69, 9.17) is 0 Å². The van der Waals surface area contributed by atoms with Crippen molar-refractivity contribution in [1.29, 1.82) is 0 Å². The molecule has 1 aromatic rings. The normalized spacial score (nSPS) is 13.2. The molecule has 22 heavy (non-hydrogen) atoms. The summed E-state index contributed by atoms with van der Waals surface area (Å²) in [5.41, 5.74) is 1.23. The van der Waals surface area contributed by atoms with Crippen molar-refractivity contribution in [2.24, 2.45) is 0 Å². The summed E-state index contributed by atoms with van der Waals surface area (Å²) in [6.45, 7) is 3.99. The highest BCUT2D eigenvalue weighted by Gasteiger charge is 2.30. The van der Waals surface area contributed by atoms with Crippen LogP contribution in [0.5, 0.6) is 0 Å². The van der Waals surface area contributed by atoms with E-state index in [-0.39, 0.29) is 18.9 Å². The number of carbonyl (C=O) groups excluding carboxylic acids is 1. The maximum Gasteiger partial charge on any atom is 0.408 e. The van der Waals surface area contributed by atoms with Crippen LogP contribution in [0.25, 0.3) is 0 Å². The number of aliphatic hydroxyl groups is 1. The minimum atomic E-state index is -4.35. The molecule has 5 nitrogen and oxygen atoms in total. The number of carbonyl (C=O) groups is 1. The van der Waals surface area contributed by atoms with Crippen LogP contribution in [0.2, 0.25) is 0 Å². The first-order chi connectivity index (χ1) is 10.1. The fourth-order valence-corrected chi connectivity index (χ4v) is 2.20. The molecule has 126 valence electrons. The summed E-state index contributed by atoms with van der Waals surface area (Å²) in [4.78, 5) is 11.8. The van der Waals surface area contributed by atoms with Crippen LogP contribution >= 0.6 is 0 Å². The Bertz CT molecular complexity index is 512. The lowest BCUT2D eigenvalue weighted by molar-refractivity contribution is -0.142. The molecule has 0 saturated heterocycles. The van der Waals surface area contributed by atoms with Gasteiger partial charge in [-0.15, -0.1) is 0 Å². The first-order valence-electron chi connectivity index (χ1n) is 7.18. The van der Waals surface area contributed by atoms with Crippen molar-refractivity contribution in [2.45, 2.75) is 58.9 Å². The van der Waals surface area contributed by atoms with Gasteiger partial charge in [0.25, 0.3) is 0 Å². The highest BCUT2D eigenvalue weighted by Crippen LogP contribution is 2.21. The van der Waals surface area contributed by atoms with Gasteiger partial charge >= 0.3 is 6.18 Å². The van der Waals surface area contributed by atoms with Gasteiger partial charge in [-0.25, -0.2) is 0 Å². The molecule has 0 spiro atoms. The Morgan fingerprint density at radius 2 is 2.05 bits per heavy atom. The largest absolute Gasteiger partial charge is 0.408 e. The number of hydrogen-bond acceptors (Lipinski definition) is 3. The van der Waals surface area contributed by atoms with Crippen molar-refractivity contribution in [2.75, 3.05) is 6.54 Å². The Hall–Kier alpha value is -1.57. The molecule has 1 atom stereocenters. The van der Waals surface area contributed by atoms with Crippen molar-refractivity contribution in [3.05, 3.63) is 17.0 Å². The van der Waals surface area contributed by atoms with Crippen molar-refractivity contribution in [3.63, 3.8) is 0 Å². The van der Waals surface area contributed by atoms with Crippen molar-refractivity contribution in [1.82, 2.24) is 15.1 Å². The van der Waals surface area contributed by atoms with Crippen LogP contribution in [-0.4, -0.2) is 39.6 Å². The summed E-state index contributed by atoms with van der Waals surface area (Å²) in [5.74, 6) is -0.340. The van der Waals surface area contributed by atoms with Gasteiger partial charge in [-0.1, -0.05) is 13.3 Å². The summed E-state index contributed by atoms with van der Waals surface area (Å²) in [6.07, 6.45) is -3.62. The van der Waals surface area contributed by atoms with E-state index in [1.807, 2.05) is 6.92 Å². The van der Waals surface area contributed by atoms with Gasteiger partial charge in [0.05, 0.1) is 18.2 Å². The van der Waals surface area contributed by atoms with Gasteiger partial charge in [-0.2, -0.15) is 18.3 Å². The molecule has 0 aromatic carbocycles. The molecule has 1 heterocycles. The van der Waals surface area contributed by atoms with E-state index in [1.54, 1.807) is 6.92 Å². The maximum absolute atomic E-state index is 12.4. The summed E-state index contributed by atoms with van der Waals surface area (Å²) < 4.78 is 38.2. The van der Waals surface area contributed by atoms with Crippen LogP contribution in [0.1, 0.15) is 36.7 Å². The second-order valence-corrected chi connectivity index (χ2v) is 5.35. The van der Waals surface area contributed by atoms with Gasteiger partial charge in [-0.05, 0) is 20.3 Å². The summed E-state index contributed by atoms with van der Waals surface area (Å²) >= 11 is 0. The van der Waals surface area contributed by atoms with Crippen LogP contribution in [-0.2, 0) is 17.8 Å². The maximum atomic E-state index is 12.4. The third-order valence-electron chi connectivity index (χ3n) is 3.35. The van der Waals surface area contributed by atoms with Gasteiger partial charge in [0.15, 0.2) is 0 Å². The van der Waals surface area contributed by atoms with E-state index in [0.717, 1.165) is 11.1 Å². The zero-order valence-electron chi connectivity index (χ0n) is 13.0. The summed E-state index contributed by atoms with van der Waals surface area (Å²) in [6, 6.07) is 0. The Kier molecular flexibility index (Phi) is 6.40. The topological polar surface area (TPSA) is 67.2 Å². The van der Waals surface area contributed by atoms with Gasteiger partial charge in [0.1, 0.15) is 6.54 Å². The van der Waals surface area contributed by atoms with Crippen LogP contribution < -0.4 is 5.32 Å². The number of amides is 1. The lowest BCUT2D eigenvalue weighted by Crippen LogP contribution is -2.33. The standard InChI is InChI=1S/C14H22F3N3O2/c1-4-5-11(21)7-18-13(22)6-12-9(2)19-20(10(12)3)8-14(15,16)17/h11,21H,4-8H2,1-3H3,(H,18,22). The van der Waals surface area contributed by atoms with Crippen molar-refractivity contribution < 1.29 is 23.1 Å². The predicted molar refractivity (Wildman–Crippen MR) is 75.4 cm³/mol. The van der Waals surface area contributed by atoms with Crippen LogP contribution in [0, 0.1) is 13.8 Å². The third kappa shape index (κ3) is 5.67. The monoisotopic (exact) mass is 321 g/mol. The second-order valence-electron chi connectivity index (χ2n) is 5.35. The first kappa shape index (κ1) is 18.5. The smallest absolute Gasteiger partial charge is 0.391 e. The molecule has 1 rings (SSSR count). The molecule has 0 aliphatic rings. The SMILES string of the molecule is CCCC(O)CNC(=O)Cc1c(C)nn(CC(F)(F)F)c1C. The van der Waals surface area contributed by atoms with Gasteiger partial charge in [0.2, 0.25) is 5.91 Å². The molecule has 0 bridgehead atoms. The fourth-order valence-electron chi connectivity index (χ4n) is 2.20. The quantitative estimate of drug-likeness (QED) is 0.806. The molecular weight excluding hydrogens is 299 g/mol. The molecule has 2 N–H and O–H groups in total. The lowest BCUT2D eigenvalue weighted by atomic mass is 10.1. The first-order valence-corrected chi connectivity index (χ1v) is 7.18. The molecule has 1 amide bonds. The van der Waals surface area contributed by atoms with Crippen LogP contribution in [0.4, 0.5) is 13.2 Å². The predicted octanol–water partition coefficient (Wildman–Crippen LogP) is 1.88. The number of rotatable bonds is 7. The zero-order valence-corrected chi connectivity index (χ0v) is 13.0. The number of aliphatic hydroxyl groups excluding tert-OH is 1. The lowest BCUT2D eigenvalue weighted by Gasteiger charge is -2.11. The highest BCUT2D eigenvalue weighted by molar-refractivity contribution is 5.79.